The van der Waals surface area contributed by atoms with Gasteiger partial charge >= 0.3 is 0 Å². The lowest BCUT2D eigenvalue weighted by atomic mass is 9.89. The van der Waals surface area contributed by atoms with Gasteiger partial charge in [-0.3, -0.25) is 4.90 Å². The first kappa shape index (κ1) is 27.6. The lowest BCUT2D eigenvalue weighted by Crippen LogP contribution is -2.49. The van der Waals surface area contributed by atoms with Crippen molar-refractivity contribution < 1.29 is 8.78 Å². The van der Waals surface area contributed by atoms with Crippen LogP contribution < -0.4 is 11.1 Å². The number of fused-ring (bicyclic) bond motifs is 2. The summed E-state index contributed by atoms with van der Waals surface area (Å²) in [5.41, 5.74) is 9.81. The molecule has 1 aliphatic carbocycles. The van der Waals surface area contributed by atoms with E-state index in [0.717, 1.165) is 57.5 Å². The van der Waals surface area contributed by atoms with Crippen molar-refractivity contribution in [3.05, 3.63) is 66.3 Å². The molecule has 0 amide bonds. The Morgan fingerprint density at radius 1 is 0.884 bits per heavy atom. The Labute approximate surface area is 248 Å². The number of hydrogen-bond acceptors (Lipinski definition) is 8. The van der Waals surface area contributed by atoms with Gasteiger partial charge in [0, 0.05) is 72.9 Å². The van der Waals surface area contributed by atoms with Gasteiger partial charge in [-0.1, -0.05) is 0 Å². The van der Waals surface area contributed by atoms with E-state index in [1.165, 1.54) is 18.5 Å². The second-order valence-electron chi connectivity index (χ2n) is 11.9. The van der Waals surface area contributed by atoms with Crippen molar-refractivity contribution in [1.29, 1.82) is 0 Å². The Bertz CT molecular complexity index is 1800. The first-order valence-electron chi connectivity index (χ1n) is 14.9. The predicted octanol–water partition coefficient (Wildman–Crippen LogP) is 5.69. The topological polar surface area (TPSA) is 101 Å². The van der Waals surface area contributed by atoms with Crippen LogP contribution in [0.3, 0.4) is 0 Å². The van der Waals surface area contributed by atoms with Gasteiger partial charge in [0.15, 0.2) is 0 Å². The maximum absolute atomic E-state index is 15.8. The number of piperazine rings is 1. The zero-order valence-corrected chi connectivity index (χ0v) is 24.4. The minimum atomic E-state index is -0.412. The molecule has 4 heterocycles. The average molecular weight is 584 g/mol. The van der Waals surface area contributed by atoms with Gasteiger partial charge in [-0.25, -0.2) is 28.7 Å². The SMILES string of the molecule is Cc1cc2nc(Nc3ccc(-c4cn(C5CCC(N6CCN(C)CC6)CC5)c5ncnc(N)c45)c(F)c3)ncc2cc1F. The Morgan fingerprint density at radius 3 is 2.42 bits per heavy atom. The molecule has 11 heteroatoms. The van der Waals surface area contributed by atoms with Gasteiger partial charge in [0.25, 0.3) is 0 Å². The van der Waals surface area contributed by atoms with E-state index in [0.29, 0.717) is 56.5 Å². The van der Waals surface area contributed by atoms with E-state index in [1.807, 2.05) is 6.20 Å². The molecular weight excluding hydrogens is 548 g/mol. The van der Waals surface area contributed by atoms with E-state index in [4.69, 9.17) is 5.73 Å². The number of nitrogens with two attached hydrogens (primary N) is 1. The van der Waals surface area contributed by atoms with Crippen LogP contribution in [0.5, 0.6) is 0 Å². The number of hydrogen-bond donors (Lipinski definition) is 2. The van der Waals surface area contributed by atoms with E-state index in [1.54, 1.807) is 31.3 Å². The molecule has 0 unspecified atom stereocenters. The van der Waals surface area contributed by atoms with Crippen molar-refractivity contribution in [1.82, 2.24) is 34.3 Å². The van der Waals surface area contributed by atoms with Crippen molar-refractivity contribution in [3.63, 3.8) is 0 Å². The summed E-state index contributed by atoms with van der Waals surface area (Å²) in [6.07, 6.45) is 9.36. The summed E-state index contributed by atoms with van der Waals surface area (Å²) in [5.74, 6) is -0.0835. The number of aromatic nitrogens is 5. The lowest BCUT2D eigenvalue weighted by Gasteiger charge is -2.41. The highest BCUT2D eigenvalue weighted by Crippen LogP contribution is 2.40. The number of benzene rings is 2. The van der Waals surface area contributed by atoms with E-state index >= 15 is 4.39 Å². The molecule has 1 saturated carbocycles. The minimum absolute atomic E-state index is 0.264. The zero-order chi connectivity index (χ0) is 29.7. The number of nitrogens with one attached hydrogen (secondary N) is 1. The van der Waals surface area contributed by atoms with Crippen LogP contribution in [0.1, 0.15) is 37.3 Å². The van der Waals surface area contributed by atoms with Gasteiger partial charge in [-0.05, 0) is 75.5 Å². The highest BCUT2D eigenvalue weighted by Gasteiger charge is 2.30. The molecule has 0 spiro atoms. The van der Waals surface area contributed by atoms with Gasteiger partial charge in [-0.2, -0.15) is 0 Å². The molecule has 43 heavy (non-hydrogen) atoms. The van der Waals surface area contributed by atoms with Gasteiger partial charge in [0.1, 0.15) is 29.4 Å². The third-order valence-corrected chi connectivity index (χ3v) is 9.13. The van der Waals surface area contributed by atoms with Crippen LogP contribution >= 0.6 is 0 Å². The van der Waals surface area contributed by atoms with Crippen molar-refractivity contribution in [2.24, 2.45) is 0 Å². The number of likely N-dealkylation sites (N-methyl/N-ethyl adjacent to an activating group) is 1. The normalized spacial score (nSPS) is 20.2. The molecule has 0 atom stereocenters. The van der Waals surface area contributed by atoms with Crippen molar-refractivity contribution in [3.8, 4) is 11.1 Å². The van der Waals surface area contributed by atoms with Crippen molar-refractivity contribution in [2.45, 2.75) is 44.7 Å². The lowest BCUT2D eigenvalue weighted by molar-refractivity contribution is 0.0828. The van der Waals surface area contributed by atoms with E-state index in [9.17, 15) is 4.39 Å². The summed E-state index contributed by atoms with van der Waals surface area (Å²) in [5, 5.41) is 4.34. The quantitative estimate of drug-likeness (QED) is 0.272. The maximum Gasteiger partial charge on any atom is 0.227 e. The Balaban J connectivity index is 1.14. The van der Waals surface area contributed by atoms with Crippen LogP contribution in [0.15, 0.2) is 49.1 Å². The molecule has 2 aromatic carbocycles. The molecule has 0 bridgehead atoms. The fraction of sp³-hybridized carbons (Fsp3) is 0.375. The fourth-order valence-electron chi connectivity index (χ4n) is 6.64. The molecule has 5 aromatic rings. The third-order valence-electron chi connectivity index (χ3n) is 9.13. The monoisotopic (exact) mass is 583 g/mol. The number of halogens is 2. The van der Waals surface area contributed by atoms with E-state index in [2.05, 4.69) is 46.7 Å². The van der Waals surface area contributed by atoms with Crippen molar-refractivity contribution in [2.75, 3.05) is 44.3 Å². The molecule has 222 valence electrons. The van der Waals surface area contributed by atoms with Crippen LogP contribution in [0.4, 0.5) is 26.2 Å². The highest BCUT2D eigenvalue weighted by atomic mass is 19.1. The van der Waals surface area contributed by atoms with Crippen LogP contribution in [-0.2, 0) is 0 Å². The van der Waals surface area contributed by atoms with Gasteiger partial charge in [0.05, 0.1) is 10.9 Å². The van der Waals surface area contributed by atoms with E-state index in [-0.39, 0.29) is 11.9 Å². The smallest absolute Gasteiger partial charge is 0.227 e. The number of nitrogen functional groups attached to an aromatic ring is 1. The molecule has 7 rings (SSSR count). The largest absolute Gasteiger partial charge is 0.383 e. The van der Waals surface area contributed by atoms with Gasteiger partial charge < -0.3 is 20.5 Å². The van der Waals surface area contributed by atoms with Crippen LogP contribution in [-0.4, -0.2) is 73.6 Å². The summed E-state index contributed by atoms with van der Waals surface area (Å²) in [7, 11) is 2.19. The minimum Gasteiger partial charge on any atom is -0.383 e. The molecule has 2 aliphatic rings. The number of aryl methyl sites for hydroxylation is 1. The first-order chi connectivity index (χ1) is 20.8. The third kappa shape index (κ3) is 5.27. The summed E-state index contributed by atoms with van der Waals surface area (Å²) < 4.78 is 31.9. The number of rotatable bonds is 5. The molecule has 3 N–H and O–H groups in total. The Kier molecular flexibility index (Phi) is 7.14. The fourth-order valence-corrected chi connectivity index (χ4v) is 6.64. The predicted molar refractivity (Wildman–Crippen MR) is 165 cm³/mol. The standard InChI is InChI=1S/C32H35F2N9/c1-19-13-28-20(14-26(19)33)16-36-32(40-28)39-21-3-8-24(27(34)15-21)25-17-43(31-29(25)30(35)37-18-38-31)23-6-4-22(5-7-23)42-11-9-41(2)10-12-42/h3,8,13-18,22-23H,4-7,9-12H2,1-2H3,(H2,35,37,38)(H,36,39,40). The van der Waals surface area contributed by atoms with Gasteiger partial charge in [0.2, 0.25) is 5.95 Å². The number of nitrogens with zero attached hydrogens (tertiary/aromatic N) is 7. The second-order valence-corrected chi connectivity index (χ2v) is 11.9. The molecule has 3 aromatic heterocycles. The molecule has 1 saturated heterocycles. The Hall–Kier alpha value is -4.22. The summed E-state index contributed by atoms with van der Waals surface area (Å²) in [4.78, 5) is 22.6. The van der Waals surface area contributed by atoms with Gasteiger partial charge in [-0.15, -0.1) is 0 Å². The second kappa shape index (κ2) is 11.1. The first-order valence-corrected chi connectivity index (χ1v) is 14.9. The number of anilines is 3. The van der Waals surface area contributed by atoms with Crippen LogP contribution in [0.25, 0.3) is 33.1 Å². The van der Waals surface area contributed by atoms with Crippen LogP contribution in [0, 0.1) is 18.6 Å². The summed E-state index contributed by atoms with van der Waals surface area (Å²) in [6, 6.07) is 8.89. The average Bonchev–Trinajstić information content (AvgIpc) is 3.39. The highest BCUT2D eigenvalue weighted by molar-refractivity contribution is 6.01. The zero-order valence-electron chi connectivity index (χ0n) is 24.4. The molecule has 2 fully saturated rings. The molecular formula is C32H35F2N9. The molecule has 1 aliphatic heterocycles. The summed E-state index contributed by atoms with van der Waals surface area (Å²) in [6.45, 7) is 6.19. The van der Waals surface area contributed by atoms with Crippen molar-refractivity contribution >= 4 is 39.4 Å². The Morgan fingerprint density at radius 2 is 1.65 bits per heavy atom. The maximum atomic E-state index is 15.8. The van der Waals surface area contributed by atoms with E-state index < -0.39 is 5.82 Å². The van der Waals surface area contributed by atoms with Crippen LogP contribution in [0.2, 0.25) is 0 Å². The molecule has 9 nitrogen and oxygen atoms in total. The summed E-state index contributed by atoms with van der Waals surface area (Å²) >= 11 is 0. The molecule has 0 radical (unpaired) electrons.